The number of Topliss-reactive ketones (excluding diaryl/α,β-unsaturated/α-hetero) is 1. The van der Waals surface area contributed by atoms with E-state index in [1.54, 1.807) is 0 Å². The fraction of sp³-hybridized carbons (Fsp3) is 0.600. The lowest BCUT2D eigenvalue weighted by molar-refractivity contribution is -0.112. The van der Waals surface area contributed by atoms with Crippen LogP contribution in [0, 0.1) is 5.41 Å². The monoisotopic (exact) mass is 99.1 g/mol. The van der Waals surface area contributed by atoms with Gasteiger partial charge in [-0.1, -0.05) is 6.92 Å². The van der Waals surface area contributed by atoms with E-state index < -0.39 is 0 Å². The summed E-state index contributed by atoms with van der Waals surface area (Å²) in [5.74, 6) is -0.0810. The van der Waals surface area contributed by atoms with Crippen molar-refractivity contribution in [3.63, 3.8) is 0 Å². The van der Waals surface area contributed by atoms with Gasteiger partial charge in [0, 0.05) is 6.42 Å². The number of carbonyl (C=O) groups is 1. The topological polar surface area (TPSA) is 40.9 Å². The van der Waals surface area contributed by atoms with Crippen LogP contribution in [0.5, 0.6) is 0 Å². The first kappa shape index (κ1) is 6.34. The van der Waals surface area contributed by atoms with Crippen molar-refractivity contribution in [3.8, 4) is 0 Å². The first-order valence-corrected chi connectivity index (χ1v) is 2.34. The molecule has 0 amide bonds. The lowest BCUT2D eigenvalue weighted by atomic mass is 10.2. The van der Waals surface area contributed by atoms with Gasteiger partial charge >= 0.3 is 0 Å². The van der Waals surface area contributed by atoms with E-state index in [4.69, 9.17) is 5.41 Å². The fourth-order valence-electron chi connectivity index (χ4n) is 0.319. The summed E-state index contributed by atoms with van der Waals surface area (Å²) in [6.07, 6.45) is 2.22. The summed E-state index contributed by atoms with van der Waals surface area (Å²) >= 11 is 0. The van der Waals surface area contributed by atoms with Gasteiger partial charge in [0.25, 0.3) is 0 Å². The molecule has 40 valence electrons. The molecule has 0 aliphatic heterocycles. The fourth-order valence-corrected chi connectivity index (χ4v) is 0.319. The Morgan fingerprint density at radius 3 is 2.57 bits per heavy atom. The number of ketones is 1. The quantitative estimate of drug-likeness (QED) is 0.527. The molecule has 0 aliphatic rings. The van der Waals surface area contributed by atoms with Crippen molar-refractivity contribution >= 4 is 12.0 Å². The third kappa shape index (κ3) is 3.16. The van der Waals surface area contributed by atoms with E-state index in [0.717, 1.165) is 12.6 Å². The molecule has 7 heavy (non-hydrogen) atoms. The van der Waals surface area contributed by atoms with E-state index in [2.05, 4.69) is 0 Å². The van der Waals surface area contributed by atoms with Gasteiger partial charge in [-0.05, 0) is 6.42 Å². The molecule has 0 radical (unpaired) electrons. The summed E-state index contributed by atoms with van der Waals surface area (Å²) in [6, 6.07) is 0. The van der Waals surface area contributed by atoms with E-state index in [-0.39, 0.29) is 5.78 Å². The lowest BCUT2D eigenvalue weighted by Gasteiger charge is -1.81. The molecular formula is C5H9NO. The van der Waals surface area contributed by atoms with Gasteiger partial charge in [-0.2, -0.15) is 0 Å². The minimum atomic E-state index is -0.0810. The van der Waals surface area contributed by atoms with Crippen LogP contribution in [0.3, 0.4) is 0 Å². The van der Waals surface area contributed by atoms with Crippen LogP contribution in [0.1, 0.15) is 19.8 Å². The van der Waals surface area contributed by atoms with Crippen molar-refractivity contribution in [1.29, 1.82) is 5.41 Å². The van der Waals surface area contributed by atoms with Gasteiger partial charge < -0.3 is 5.41 Å². The maximum Gasteiger partial charge on any atom is 0.173 e. The molecule has 0 aromatic rings. The average molecular weight is 99.1 g/mol. The summed E-state index contributed by atoms with van der Waals surface area (Å²) in [4.78, 5) is 10.2. The predicted octanol–water partition coefficient (Wildman–Crippen LogP) is 1.01. The minimum Gasteiger partial charge on any atom is -0.305 e. The van der Waals surface area contributed by atoms with Crippen molar-refractivity contribution in [1.82, 2.24) is 0 Å². The molecule has 0 aromatic heterocycles. The van der Waals surface area contributed by atoms with E-state index in [1.807, 2.05) is 6.92 Å². The van der Waals surface area contributed by atoms with Gasteiger partial charge in [0.2, 0.25) is 0 Å². The SMILES string of the molecule is CCCC(=O)C=N. The van der Waals surface area contributed by atoms with Crippen molar-refractivity contribution in [2.45, 2.75) is 19.8 Å². The highest BCUT2D eigenvalue weighted by Gasteiger charge is 1.89. The molecule has 2 nitrogen and oxygen atoms in total. The number of hydrogen-bond donors (Lipinski definition) is 1. The van der Waals surface area contributed by atoms with Crippen LogP contribution in [0.25, 0.3) is 0 Å². The summed E-state index contributed by atoms with van der Waals surface area (Å²) < 4.78 is 0. The maximum absolute atomic E-state index is 10.2. The first-order chi connectivity index (χ1) is 3.31. The molecule has 2 heteroatoms. The zero-order valence-electron chi connectivity index (χ0n) is 4.40. The number of carbonyl (C=O) groups excluding carboxylic acids is 1. The van der Waals surface area contributed by atoms with Crippen molar-refractivity contribution in [3.05, 3.63) is 0 Å². The Morgan fingerprint density at radius 2 is 2.43 bits per heavy atom. The predicted molar refractivity (Wildman–Crippen MR) is 28.7 cm³/mol. The molecule has 1 N–H and O–H groups in total. The molecule has 0 saturated heterocycles. The van der Waals surface area contributed by atoms with Crippen LogP contribution in [0.2, 0.25) is 0 Å². The zero-order chi connectivity index (χ0) is 5.70. The molecule has 0 heterocycles. The van der Waals surface area contributed by atoms with Gasteiger partial charge in [0.1, 0.15) is 0 Å². The van der Waals surface area contributed by atoms with Gasteiger partial charge in [-0.25, -0.2) is 0 Å². The molecule has 0 rings (SSSR count). The third-order valence-corrected chi connectivity index (χ3v) is 0.657. The average Bonchev–Trinajstić information content (AvgIpc) is 1.68. The highest BCUT2D eigenvalue weighted by Crippen LogP contribution is 1.83. The highest BCUT2D eigenvalue weighted by molar-refractivity contribution is 6.26. The Bertz CT molecular complexity index is 78.1. The Hall–Kier alpha value is -0.660. The second-order valence-corrected chi connectivity index (χ2v) is 1.36. The Kier molecular flexibility index (Phi) is 3.19. The van der Waals surface area contributed by atoms with Crippen molar-refractivity contribution in [2.24, 2.45) is 0 Å². The van der Waals surface area contributed by atoms with Crippen LogP contribution >= 0.6 is 0 Å². The van der Waals surface area contributed by atoms with Crippen LogP contribution in [-0.2, 0) is 4.79 Å². The van der Waals surface area contributed by atoms with Gasteiger partial charge in [0.05, 0.1) is 6.21 Å². The van der Waals surface area contributed by atoms with Crippen LogP contribution in [0.4, 0.5) is 0 Å². The summed E-state index contributed by atoms with van der Waals surface area (Å²) in [5.41, 5.74) is 0. The molecule has 0 fully saturated rings. The van der Waals surface area contributed by atoms with E-state index in [0.29, 0.717) is 6.42 Å². The minimum absolute atomic E-state index is 0.0810. The Labute approximate surface area is 43.0 Å². The van der Waals surface area contributed by atoms with Gasteiger partial charge in [-0.3, -0.25) is 4.79 Å². The van der Waals surface area contributed by atoms with Crippen molar-refractivity contribution < 1.29 is 4.79 Å². The number of rotatable bonds is 3. The molecule has 0 saturated carbocycles. The maximum atomic E-state index is 10.2. The van der Waals surface area contributed by atoms with E-state index in [9.17, 15) is 4.79 Å². The van der Waals surface area contributed by atoms with Crippen LogP contribution in [0.15, 0.2) is 0 Å². The second-order valence-electron chi connectivity index (χ2n) is 1.36. The zero-order valence-corrected chi connectivity index (χ0v) is 4.40. The van der Waals surface area contributed by atoms with Gasteiger partial charge in [0.15, 0.2) is 5.78 Å². The number of nitrogens with one attached hydrogen (secondary N) is 1. The Balaban J connectivity index is 3.17. The van der Waals surface area contributed by atoms with Gasteiger partial charge in [-0.15, -0.1) is 0 Å². The standard InChI is InChI=1S/C5H9NO/c1-2-3-5(7)4-6/h4,6H,2-3H2,1H3. The molecule has 0 atom stereocenters. The van der Waals surface area contributed by atoms with Crippen LogP contribution in [-0.4, -0.2) is 12.0 Å². The van der Waals surface area contributed by atoms with Crippen molar-refractivity contribution in [2.75, 3.05) is 0 Å². The molecule has 0 aromatic carbocycles. The normalized spacial score (nSPS) is 8.14. The first-order valence-electron chi connectivity index (χ1n) is 2.34. The van der Waals surface area contributed by atoms with E-state index in [1.165, 1.54) is 0 Å². The van der Waals surface area contributed by atoms with Crippen LogP contribution < -0.4 is 0 Å². The summed E-state index contributed by atoms with van der Waals surface area (Å²) in [5, 5.41) is 6.44. The smallest absolute Gasteiger partial charge is 0.173 e. The Morgan fingerprint density at radius 1 is 1.86 bits per heavy atom. The molecular weight excluding hydrogens is 90.1 g/mol. The second kappa shape index (κ2) is 3.53. The summed E-state index contributed by atoms with van der Waals surface area (Å²) in [6.45, 7) is 1.92. The number of hydrogen-bond acceptors (Lipinski definition) is 2. The molecule has 0 bridgehead atoms. The highest BCUT2D eigenvalue weighted by atomic mass is 16.1. The molecule has 0 spiro atoms. The summed E-state index contributed by atoms with van der Waals surface area (Å²) in [7, 11) is 0. The largest absolute Gasteiger partial charge is 0.305 e. The van der Waals surface area contributed by atoms with E-state index >= 15 is 0 Å². The molecule has 0 aliphatic carbocycles. The third-order valence-electron chi connectivity index (χ3n) is 0.657. The lowest BCUT2D eigenvalue weighted by Crippen LogP contribution is -1.94. The molecule has 0 unspecified atom stereocenters.